The number of aldehydes is 1. The molecule has 0 spiro atoms. The molecule has 70 valence electrons. The van der Waals surface area contributed by atoms with Crippen molar-refractivity contribution in [3.05, 3.63) is 21.9 Å². The highest BCUT2D eigenvalue weighted by Crippen LogP contribution is 2.35. The van der Waals surface area contributed by atoms with E-state index in [1.807, 2.05) is 5.38 Å². The van der Waals surface area contributed by atoms with Gasteiger partial charge in [0.15, 0.2) is 6.29 Å². The Morgan fingerprint density at radius 2 is 2.08 bits per heavy atom. The first kappa shape index (κ1) is 8.95. The van der Waals surface area contributed by atoms with Crippen LogP contribution in [0.5, 0.6) is 0 Å². The van der Waals surface area contributed by atoms with Crippen molar-refractivity contribution in [3.8, 4) is 0 Å². The molecule has 1 aliphatic rings. The summed E-state index contributed by atoms with van der Waals surface area (Å²) in [5.41, 5.74) is 1.31. The van der Waals surface area contributed by atoms with Gasteiger partial charge < -0.3 is 0 Å². The molecule has 1 heterocycles. The summed E-state index contributed by atoms with van der Waals surface area (Å²) in [4.78, 5) is 11.7. The van der Waals surface area contributed by atoms with Crippen molar-refractivity contribution in [3.63, 3.8) is 0 Å². The van der Waals surface area contributed by atoms with E-state index in [1.54, 1.807) is 11.3 Å². The Morgan fingerprint density at radius 1 is 1.31 bits per heavy atom. The molecule has 0 saturated heterocycles. The van der Waals surface area contributed by atoms with E-state index in [-0.39, 0.29) is 0 Å². The van der Waals surface area contributed by atoms with Crippen molar-refractivity contribution >= 4 is 17.6 Å². The fraction of sp³-hybridized carbons (Fsp3) is 0.545. The van der Waals surface area contributed by atoms with Gasteiger partial charge in [-0.05, 0) is 35.8 Å². The van der Waals surface area contributed by atoms with E-state index in [0.717, 1.165) is 11.2 Å². The lowest BCUT2D eigenvalue weighted by atomic mass is 9.84. The third-order valence-corrected chi connectivity index (χ3v) is 3.74. The van der Waals surface area contributed by atoms with E-state index in [1.165, 1.54) is 37.7 Å². The zero-order valence-electron chi connectivity index (χ0n) is 7.66. The van der Waals surface area contributed by atoms with Crippen LogP contribution in [0.3, 0.4) is 0 Å². The molecule has 0 aliphatic heterocycles. The first-order valence-electron chi connectivity index (χ1n) is 4.94. The van der Waals surface area contributed by atoms with Crippen molar-refractivity contribution in [2.24, 2.45) is 0 Å². The molecule has 0 atom stereocenters. The van der Waals surface area contributed by atoms with Gasteiger partial charge in [-0.2, -0.15) is 0 Å². The van der Waals surface area contributed by atoms with Crippen LogP contribution >= 0.6 is 11.3 Å². The lowest BCUT2D eigenvalue weighted by molar-refractivity contribution is 0.112. The van der Waals surface area contributed by atoms with Gasteiger partial charge in [0.2, 0.25) is 0 Å². The van der Waals surface area contributed by atoms with Crippen LogP contribution in [0.25, 0.3) is 0 Å². The molecule has 1 nitrogen and oxygen atoms in total. The molecule has 1 fully saturated rings. The monoisotopic (exact) mass is 194 g/mol. The molecule has 0 amide bonds. The largest absolute Gasteiger partial charge is 0.297 e. The molecule has 0 unspecified atom stereocenters. The van der Waals surface area contributed by atoms with E-state index in [2.05, 4.69) is 6.07 Å². The molecule has 2 heteroatoms. The Labute approximate surface area is 82.8 Å². The molecule has 1 saturated carbocycles. The Morgan fingerprint density at radius 3 is 2.77 bits per heavy atom. The molecule has 1 aromatic heterocycles. The summed E-state index contributed by atoms with van der Waals surface area (Å²) in [5.74, 6) is 0.667. The standard InChI is InChI=1S/C11H14OS/c12-8-11-10(6-7-13-11)9-4-2-1-3-5-9/h6-9H,1-5H2. The zero-order chi connectivity index (χ0) is 9.10. The Balaban J connectivity index is 2.17. The summed E-state index contributed by atoms with van der Waals surface area (Å²) in [6.45, 7) is 0. The average Bonchev–Trinajstić information content (AvgIpc) is 2.67. The van der Waals surface area contributed by atoms with Crippen LogP contribution < -0.4 is 0 Å². The number of carbonyl (C=O) groups excluding carboxylic acids is 1. The maximum Gasteiger partial charge on any atom is 0.160 e. The zero-order valence-corrected chi connectivity index (χ0v) is 8.48. The first-order chi connectivity index (χ1) is 6.42. The van der Waals surface area contributed by atoms with Crippen molar-refractivity contribution in [2.45, 2.75) is 38.0 Å². The van der Waals surface area contributed by atoms with Gasteiger partial charge in [0, 0.05) is 0 Å². The highest BCUT2D eigenvalue weighted by molar-refractivity contribution is 7.11. The van der Waals surface area contributed by atoms with E-state index >= 15 is 0 Å². The second kappa shape index (κ2) is 4.05. The lowest BCUT2D eigenvalue weighted by Crippen LogP contribution is -2.04. The number of rotatable bonds is 2. The molecular formula is C11H14OS. The number of thiophene rings is 1. The fourth-order valence-corrected chi connectivity index (χ4v) is 2.97. The minimum atomic E-state index is 0.667. The minimum Gasteiger partial charge on any atom is -0.297 e. The van der Waals surface area contributed by atoms with Gasteiger partial charge in [-0.1, -0.05) is 19.3 Å². The highest BCUT2D eigenvalue weighted by Gasteiger charge is 2.18. The summed E-state index contributed by atoms with van der Waals surface area (Å²) >= 11 is 1.58. The van der Waals surface area contributed by atoms with E-state index in [4.69, 9.17) is 0 Å². The van der Waals surface area contributed by atoms with Crippen molar-refractivity contribution in [1.82, 2.24) is 0 Å². The van der Waals surface area contributed by atoms with E-state index in [9.17, 15) is 4.79 Å². The SMILES string of the molecule is O=Cc1sccc1C1CCCCC1. The predicted molar refractivity (Wildman–Crippen MR) is 55.5 cm³/mol. The van der Waals surface area contributed by atoms with Gasteiger partial charge in [0.25, 0.3) is 0 Å². The van der Waals surface area contributed by atoms with Crippen molar-refractivity contribution in [1.29, 1.82) is 0 Å². The molecule has 0 bridgehead atoms. The van der Waals surface area contributed by atoms with Gasteiger partial charge in [-0.3, -0.25) is 4.79 Å². The predicted octanol–water partition coefficient (Wildman–Crippen LogP) is 3.61. The molecule has 2 rings (SSSR count). The maximum absolute atomic E-state index is 10.7. The smallest absolute Gasteiger partial charge is 0.160 e. The molecule has 0 N–H and O–H groups in total. The summed E-state index contributed by atoms with van der Waals surface area (Å²) in [5, 5.41) is 2.04. The first-order valence-corrected chi connectivity index (χ1v) is 5.82. The van der Waals surface area contributed by atoms with Gasteiger partial charge in [-0.15, -0.1) is 11.3 Å². The molecule has 13 heavy (non-hydrogen) atoms. The second-order valence-electron chi connectivity index (χ2n) is 3.69. The average molecular weight is 194 g/mol. The molecule has 1 aromatic rings. The lowest BCUT2D eigenvalue weighted by Gasteiger charge is -2.21. The van der Waals surface area contributed by atoms with Crippen molar-refractivity contribution < 1.29 is 4.79 Å². The molecule has 0 aromatic carbocycles. The molecule has 1 aliphatic carbocycles. The topological polar surface area (TPSA) is 17.1 Å². The maximum atomic E-state index is 10.7. The van der Waals surface area contributed by atoms with Crippen molar-refractivity contribution in [2.75, 3.05) is 0 Å². The number of hydrogen-bond acceptors (Lipinski definition) is 2. The summed E-state index contributed by atoms with van der Waals surface area (Å²) in [7, 11) is 0. The quantitative estimate of drug-likeness (QED) is 0.657. The Kier molecular flexibility index (Phi) is 2.79. The fourth-order valence-electron chi connectivity index (χ4n) is 2.18. The third-order valence-electron chi connectivity index (χ3n) is 2.88. The highest BCUT2D eigenvalue weighted by atomic mass is 32.1. The minimum absolute atomic E-state index is 0.667. The van der Waals surface area contributed by atoms with Gasteiger partial charge in [-0.25, -0.2) is 0 Å². The van der Waals surface area contributed by atoms with E-state index < -0.39 is 0 Å². The van der Waals surface area contributed by atoms with Crippen LogP contribution in [0.2, 0.25) is 0 Å². The van der Waals surface area contributed by atoms with Gasteiger partial charge >= 0.3 is 0 Å². The van der Waals surface area contributed by atoms with Gasteiger partial charge in [0.1, 0.15) is 0 Å². The Hall–Kier alpha value is -0.630. The van der Waals surface area contributed by atoms with Crippen LogP contribution in [0.1, 0.15) is 53.3 Å². The second-order valence-corrected chi connectivity index (χ2v) is 4.64. The Bertz CT molecular complexity index is 284. The summed E-state index contributed by atoms with van der Waals surface area (Å²) < 4.78 is 0. The van der Waals surface area contributed by atoms with Crippen LogP contribution in [0, 0.1) is 0 Å². The van der Waals surface area contributed by atoms with E-state index in [0.29, 0.717) is 5.92 Å². The number of carbonyl (C=O) groups is 1. The number of hydrogen-bond donors (Lipinski definition) is 0. The third kappa shape index (κ3) is 1.83. The van der Waals surface area contributed by atoms with Crippen LogP contribution in [0.15, 0.2) is 11.4 Å². The van der Waals surface area contributed by atoms with Crippen LogP contribution in [-0.4, -0.2) is 6.29 Å². The normalized spacial score (nSPS) is 18.8. The van der Waals surface area contributed by atoms with Gasteiger partial charge in [0.05, 0.1) is 4.88 Å². The van der Waals surface area contributed by atoms with Crippen LogP contribution in [-0.2, 0) is 0 Å². The summed E-state index contributed by atoms with van der Waals surface area (Å²) in [6, 6.07) is 2.13. The van der Waals surface area contributed by atoms with Crippen LogP contribution in [0.4, 0.5) is 0 Å². The molecular weight excluding hydrogens is 180 g/mol. The molecule has 0 radical (unpaired) electrons. The summed E-state index contributed by atoms with van der Waals surface area (Å²) in [6.07, 6.45) is 7.60.